The van der Waals surface area contributed by atoms with E-state index in [0.717, 1.165) is 0 Å². The van der Waals surface area contributed by atoms with Crippen molar-refractivity contribution in [2.75, 3.05) is 19.0 Å². The molecular weight excluding hydrogens is 395 g/mol. The normalized spacial score (nSPS) is 11.4. The number of amides is 1. The maximum absolute atomic E-state index is 12.4. The Bertz CT molecular complexity index is 844. The maximum Gasteiger partial charge on any atom is 0.339 e. The molecule has 0 bridgehead atoms. The number of nitrogens with zero attached hydrogens (tertiary/aromatic N) is 1. The van der Waals surface area contributed by atoms with Gasteiger partial charge in [-0.05, 0) is 38.1 Å². The number of hydrogen-bond acceptors (Lipinski definition) is 6. The van der Waals surface area contributed by atoms with E-state index in [9.17, 15) is 9.59 Å². The van der Waals surface area contributed by atoms with E-state index >= 15 is 0 Å². The van der Waals surface area contributed by atoms with Crippen LogP contribution >= 0.6 is 23.2 Å². The lowest BCUT2D eigenvalue weighted by atomic mass is 10.2. The van der Waals surface area contributed by atoms with Crippen molar-refractivity contribution in [2.45, 2.75) is 20.0 Å². The number of anilines is 1. The van der Waals surface area contributed by atoms with Crippen LogP contribution in [0.15, 0.2) is 30.5 Å². The van der Waals surface area contributed by atoms with Crippen molar-refractivity contribution in [2.24, 2.45) is 0 Å². The van der Waals surface area contributed by atoms with Gasteiger partial charge in [0.2, 0.25) is 0 Å². The van der Waals surface area contributed by atoms with E-state index in [4.69, 9.17) is 37.4 Å². The number of hydrogen-bond donors (Lipinski definition) is 1. The summed E-state index contributed by atoms with van der Waals surface area (Å²) >= 11 is 12.0. The minimum atomic E-state index is -1.08. The minimum absolute atomic E-state index is 0.124. The molecule has 9 heteroatoms. The molecule has 1 aromatic heterocycles. The fourth-order valence-corrected chi connectivity index (χ4v) is 2.55. The van der Waals surface area contributed by atoms with E-state index in [2.05, 4.69) is 10.3 Å². The Labute approximate surface area is 166 Å². The number of nitrogens with one attached hydrogen (secondary N) is 1. The molecule has 0 saturated carbocycles. The summed E-state index contributed by atoms with van der Waals surface area (Å²) in [6, 6.07) is 6.02. The lowest BCUT2D eigenvalue weighted by Gasteiger charge is -2.16. The van der Waals surface area contributed by atoms with Crippen LogP contribution in [0.25, 0.3) is 0 Å². The SMILES string of the molecule is CCOc1c(Cl)cc(C(=O)O[C@@H](C)C(=O)Nc2cccnc2Cl)cc1OC. The van der Waals surface area contributed by atoms with Gasteiger partial charge >= 0.3 is 5.97 Å². The zero-order valence-electron chi connectivity index (χ0n) is 14.9. The summed E-state index contributed by atoms with van der Waals surface area (Å²) < 4.78 is 15.8. The van der Waals surface area contributed by atoms with Crippen LogP contribution in [0.3, 0.4) is 0 Å². The standard InChI is InChI=1S/C18H18Cl2N2O5/c1-4-26-15-12(19)8-11(9-14(15)25-3)18(24)27-10(2)17(23)22-13-6-5-7-21-16(13)20/h5-10H,4H2,1-3H3,(H,22,23)/t10-/m0/s1. The van der Waals surface area contributed by atoms with Crippen LogP contribution in [0.2, 0.25) is 10.2 Å². The van der Waals surface area contributed by atoms with Gasteiger partial charge < -0.3 is 19.5 Å². The molecule has 0 fully saturated rings. The highest BCUT2D eigenvalue weighted by Gasteiger charge is 2.22. The first kappa shape index (κ1) is 20.8. The Morgan fingerprint density at radius 1 is 1.30 bits per heavy atom. The highest BCUT2D eigenvalue weighted by molar-refractivity contribution is 6.33. The van der Waals surface area contributed by atoms with Crippen LogP contribution in [0.4, 0.5) is 5.69 Å². The van der Waals surface area contributed by atoms with Crippen LogP contribution in [-0.4, -0.2) is 36.7 Å². The van der Waals surface area contributed by atoms with Crippen LogP contribution in [-0.2, 0) is 9.53 Å². The van der Waals surface area contributed by atoms with Gasteiger partial charge in [-0.25, -0.2) is 9.78 Å². The summed E-state index contributed by atoms with van der Waals surface area (Å²) in [5.41, 5.74) is 0.442. The lowest BCUT2D eigenvalue weighted by molar-refractivity contribution is -0.123. The zero-order chi connectivity index (χ0) is 20.0. The summed E-state index contributed by atoms with van der Waals surface area (Å²) in [5, 5.41) is 2.87. The van der Waals surface area contributed by atoms with Crippen molar-refractivity contribution in [3.63, 3.8) is 0 Å². The molecule has 0 aliphatic carbocycles. The number of benzene rings is 1. The second kappa shape index (κ2) is 9.43. The average molecular weight is 413 g/mol. The fraction of sp³-hybridized carbons (Fsp3) is 0.278. The molecular formula is C18H18Cl2N2O5. The maximum atomic E-state index is 12.4. The Morgan fingerprint density at radius 2 is 2.04 bits per heavy atom. The van der Waals surface area contributed by atoms with E-state index in [-0.39, 0.29) is 21.5 Å². The van der Waals surface area contributed by atoms with Crippen molar-refractivity contribution in [1.82, 2.24) is 4.98 Å². The van der Waals surface area contributed by atoms with Gasteiger partial charge in [0.25, 0.3) is 5.91 Å². The van der Waals surface area contributed by atoms with Crippen LogP contribution in [0.1, 0.15) is 24.2 Å². The van der Waals surface area contributed by atoms with Crippen LogP contribution < -0.4 is 14.8 Å². The third-order valence-electron chi connectivity index (χ3n) is 3.42. The summed E-state index contributed by atoms with van der Waals surface area (Å²) in [5.74, 6) is -0.675. The van der Waals surface area contributed by atoms with Crippen LogP contribution in [0, 0.1) is 0 Å². The summed E-state index contributed by atoms with van der Waals surface area (Å²) in [4.78, 5) is 28.4. The molecule has 0 aliphatic rings. The smallest absolute Gasteiger partial charge is 0.339 e. The molecule has 0 aliphatic heterocycles. The molecule has 0 unspecified atom stereocenters. The van der Waals surface area contributed by atoms with Gasteiger partial charge in [0.15, 0.2) is 22.8 Å². The van der Waals surface area contributed by atoms with E-state index in [1.807, 2.05) is 0 Å². The molecule has 1 aromatic carbocycles. The Balaban J connectivity index is 2.10. The molecule has 1 atom stereocenters. The number of pyridine rings is 1. The fourth-order valence-electron chi connectivity index (χ4n) is 2.12. The topological polar surface area (TPSA) is 86.8 Å². The Morgan fingerprint density at radius 3 is 2.67 bits per heavy atom. The lowest BCUT2D eigenvalue weighted by Crippen LogP contribution is -2.30. The summed E-state index contributed by atoms with van der Waals surface area (Å²) in [6.45, 7) is 3.62. The molecule has 0 spiro atoms. The Hall–Kier alpha value is -2.51. The first-order valence-corrected chi connectivity index (χ1v) is 8.75. The van der Waals surface area contributed by atoms with Gasteiger partial charge in [-0.15, -0.1) is 0 Å². The molecule has 2 rings (SSSR count). The number of ether oxygens (including phenoxy) is 3. The van der Waals surface area contributed by atoms with Gasteiger partial charge in [0.05, 0.1) is 30.0 Å². The van der Waals surface area contributed by atoms with E-state index in [1.165, 1.54) is 32.4 Å². The van der Waals surface area contributed by atoms with Gasteiger partial charge in [-0.1, -0.05) is 23.2 Å². The Kier molecular flexibility index (Phi) is 7.27. The first-order chi connectivity index (χ1) is 12.9. The number of carbonyl (C=O) groups excluding carboxylic acids is 2. The molecule has 144 valence electrons. The molecule has 27 heavy (non-hydrogen) atoms. The summed E-state index contributed by atoms with van der Waals surface area (Å²) in [7, 11) is 1.43. The number of halogens is 2. The number of rotatable bonds is 7. The monoisotopic (exact) mass is 412 g/mol. The van der Waals surface area contributed by atoms with Gasteiger partial charge in [-0.2, -0.15) is 0 Å². The quantitative estimate of drug-likeness (QED) is 0.546. The second-order valence-electron chi connectivity index (χ2n) is 5.30. The van der Waals surface area contributed by atoms with Crippen molar-refractivity contribution >= 4 is 40.8 Å². The van der Waals surface area contributed by atoms with Crippen LogP contribution in [0.5, 0.6) is 11.5 Å². The molecule has 1 amide bonds. The molecule has 0 saturated heterocycles. The first-order valence-electron chi connectivity index (χ1n) is 8.00. The van der Waals surface area contributed by atoms with Crippen molar-refractivity contribution in [1.29, 1.82) is 0 Å². The highest BCUT2D eigenvalue weighted by Crippen LogP contribution is 2.36. The highest BCUT2D eigenvalue weighted by atomic mass is 35.5. The number of methoxy groups -OCH3 is 1. The van der Waals surface area contributed by atoms with Crippen molar-refractivity contribution < 1.29 is 23.8 Å². The molecule has 0 radical (unpaired) electrons. The van der Waals surface area contributed by atoms with Crippen molar-refractivity contribution in [3.8, 4) is 11.5 Å². The van der Waals surface area contributed by atoms with E-state index in [1.54, 1.807) is 19.1 Å². The number of carbonyl (C=O) groups is 2. The minimum Gasteiger partial charge on any atom is -0.493 e. The predicted octanol–water partition coefficient (Wildman–Crippen LogP) is 3.98. The van der Waals surface area contributed by atoms with Gasteiger partial charge in [-0.3, -0.25) is 4.79 Å². The van der Waals surface area contributed by atoms with Crippen molar-refractivity contribution in [3.05, 3.63) is 46.2 Å². The predicted molar refractivity (Wildman–Crippen MR) is 102 cm³/mol. The molecule has 1 N–H and O–H groups in total. The molecule has 2 aromatic rings. The third kappa shape index (κ3) is 5.24. The zero-order valence-corrected chi connectivity index (χ0v) is 16.4. The number of aromatic nitrogens is 1. The average Bonchev–Trinajstić information content (AvgIpc) is 2.64. The summed E-state index contributed by atoms with van der Waals surface area (Å²) in [6.07, 6.45) is 0.412. The number of esters is 1. The third-order valence-corrected chi connectivity index (χ3v) is 4.01. The van der Waals surface area contributed by atoms with E-state index < -0.39 is 18.0 Å². The molecule has 1 heterocycles. The van der Waals surface area contributed by atoms with E-state index in [0.29, 0.717) is 18.0 Å². The second-order valence-corrected chi connectivity index (χ2v) is 6.07. The largest absolute Gasteiger partial charge is 0.493 e. The van der Waals surface area contributed by atoms with Gasteiger partial charge in [0, 0.05) is 6.20 Å². The molecule has 7 nitrogen and oxygen atoms in total. The van der Waals surface area contributed by atoms with Gasteiger partial charge in [0.1, 0.15) is 0 Å².